The van der Waals surface area contributed by atoms with E-state index in [1.807, 2.05) is 13.0 Å². The maximum absolute atomic E-state index is 6.06. The topological polar surface area (TPSA) is 56.7 Å². The van der Waals surface area contributed by atoms with Crippen molar-refractivity contribution in [1.82, 2.24) is 15.0 Å². The van der Waals surface area contributed by atoms with Crippen LogP contribution in [0.1, 0.15) is 11.3 Å². The normalized spacial score (nSPS) is 10.7. The number of nitrogen functional groups attached to an aromatic ring is 1. The van der Waals surface area contributed by atoms with Crippen LogP contribution in [0.25, 0.3) is 0 Å². The first-order chi connectivity index (χ1) is 7.58. The SMILES string of the molecule is Cc1c(N)nnn1Cc1ccc(Cl)cc1Cl. The van der Waals surface area contributed by atoms with Gasteiger partial charge in [0.2, 0.25) is 0 Å². The van der Waals surface area contributed by atoms with E-state index in [-0.39, 0.29) is 0 Å². The minimum Gasteiger partial charge on any atom is -0.381 e. The average molecular weight is 257 g/mol. The minimum absolute atomic E-state index is 0.435. The third kappa shape index (κ3) is 2.13. The molecule has 84 valence electrons. The fraction of sp³-hybridized carbons (Fsp3) is 0.200. The molecule has 2 aromatic rings. The van der Waals surface area contributed by atoms with Gasteiger partial charge < -0.3 is 5.73 Å². The van der Waals surface area contributed by atoms with E-state index in [1.165, 1.54) is 0 Å². The van der Waals surface area contributed by atoms with E-state index >= 15 is 0 Å². The summed E-state index contributed by atoms with van der Waals surface area (Å²) < 4.78 is 1.70. The van der Waals surface area contributed by atoms with Gasteiger partial charge in [-0.05, 0) is 24.6 Å². The number of hydrogen-bond acceptors (Lipinski definition) is 3. The maximum Gasteiger partial charge on any atom is 0.168 e. The van der Waals surface area contributed by atoms with Crippen LogP contribution < -0.4 is 5.73 Å². The van der Waals surface area contributed by atoms with E-state index in [1.54, 1.807) is 16.8 Å². The van der Waals surface area contributed by atoms with Crippen molar-refractivity contribution in [2.45, 2.75) is 13.5 Å². The zero-order valence-corrected chi connectivity index (χ0v) is 10.1. The monoisotopic (exact) mass is 256 g/mol. The fourth-order valence-corrected chi connectivity index (χ4v) is 1.80. The van der Waals surface area contributed by atoms with Crippen molar-refractivity contribution in [2.75, 3.05) is 5.73 Å². The zero-order valence-electron chi connectivity index (χ0n) is 8.61. The molecule has 0 unspecified atom stereocenters. The minimum atomic E-state index is 0.435. The summed E-state index contributed by atoms with van der Waals surface area (Å²) in [5.74, 6) is 0.435. The van der Waals surface area contributed by atoms with E-state index in [0.717, 1.165) is 11.3 Å². The second-order valence-corrected chi connectivity index (χ2v) is 4.30. The van der Waals surface area contributed by atoms with Gasteiger partial charge >= 0.3 is 0 Å². The van der Waals surface area contributed by atoms with E-state index in [2.05, 4.69) is 10.3 Å². The molecule has 0 amide bonds. The van der Waals surface area contributed by atoms with Crippen LogP contribution in [-0.4, -0.2) is 15.0 Å². The summed E-state index contributed by atoms with van der Waals surface area (Å²) in [6, 6.07) is 5.36. The Morgan fingerprint density at radius 1 is 1.38 bits per heavy atom. The molecule has 2 N–H and O–H groups in total. The predicted molar refractivity (Wildman–Crippen MR) is 64.7 cm³/mol. The maximum atomic E-state index is 6.06. The fourth-order valence-electron chi connectivity index (χ4n) is 1.34. The standard InChI is InChI=1S/C10H10Cl2N4/c1-6-10(13)14-15-16(6)5-7-2-3-8(11)4-9(7)12/h2-4H,5,13H2,1H3. The van der Waals surface area contributed by atoms with Gasteiger partial charge in [-0.3, -0.25) is 0 Å². The van der Waals surface area contributed by atoms with Crippen molar-refractivity contribution < 1.29 is 0 Å². The highest BCUT2D eigenvalue weighted by Gasteiger charge is 2.07. The number of aromatic nitrogens is 3. The van der Waals surface area contributed by atoms with Gasteiger partial charge in [-0.2, -0.15) is 0 Å². The number of rotatable bonds is 2. The number of nitrogens with zero attached hydrogens (tertiary/aromatic N) is 3. The zero-order chi connectivity index (χ0) is 11.7. The van der Waals surface area contributed by atoms with Crippen molar-refractivity contribution in [3.63, 3.8) is 0 Å². The summed E-state index contributed by atoms with van der Waals surface area (Å²) in [6.45, 7) is 2.39. The molecule has 6 heteroatoms. The third-order valence-corrected chi connectivity index (χ3v) is 2.94. The molecular weight excluding hydrogens is 247 g/mol. The molecule has 4 nitrogen and oxygen atoms in total. The van der Waals surface area contributed by atoms with Gasteiger partial charge in [-0.1, -0.05) is 34.5 Å². The van der Waals surface area contributed by atoms with Crippen LogP contribution >= 0.6 is 23.2 Å². The molecule has 16 heavy (non-hydrogen) atoms. The first-order valence-electron chi connectivity index (χ1n) is 4.67. The highest BCUT2D eigenvalue weighted by atomic mass is 35.5. The number of halogens is 2. The van der Waals surface area contributed by atoms with Crippen LogP contribution in [0.5, 0.6) is 0 Å². The lowest BCUT2D eigenvalue weighted by Gasteiger charge is -2.06. The summed E-state index contributed by atoms with van der Waals surface area (Å²) in [6.07, 6.45) is 0. The Morgan fingerprint density at radius 2 is 2.12 bits per heavy atom. The van der Waals surface area contributed by atoms with Crippen LogP contribution in [-0.2, 0) is 6.54 Å². The molecule has 0 bridgehead atoms. The molecule has 0 spiro atoms. The van der Waals surface area contributed by atoms with Crippen LogP contribution in [0, 0.1) is 6.92 Å². The Balaban J connectivity index is 2.30. The highest BCUT2D eigenvalue weighted by Crippen LogP contribution is 2.22. The lowest BCUT2D eigenvalue weighted by molar-refractivity contribution is 0.633. The van der Waals surface area contributed by atoms with Gasteiger partial charge in [0.25, 0.3) is 0 Å². The molecule has 0 aliphatic carbocycles. The van der Waals surface area contributed by atoms with Gasteiger partial charge in [0, 0.05) is 10.0 Å². The summed E-state index contributed by atoms with van der Waals surface area (Å²) in [7, 11) is 0. The molecule has 0 saturated carbocycles. The third-order valence-electron chi connectivity index (χ3n) is 2.35. The molecule has 0 radical (unpaired) electrons. The average Bonchev–Trinajstić information content (AvgIpc) is 2.54. The molecular formula is C10H10Cl2N4. The van der Waals surface area contributed by atoms with Crippen molar-refractivity contribution in [3.05, 3.63) is 39.5 Å². The summed E-state index contributed by atoms with van der Waals surface area (Å²) in [5.41, 5.74) is 7.36. The molecule has 1 aromatic heterocycles. The Kier molecular flexibility index (Phi) is 3.03. The van der Waals surface area contributed by atoms with Gasteiger partial charge in [-0.25, -0.2) is 4.68 Å². The summed E-state index contributed by atoms with van der Waals surface area (Å²) >= 11 is 11.9. The van der Waals surface area contributed by atoms with Crippen molar-refractivity contribution in [1.29, 1.82) is 0 Å². The molecule has 0 aliphatic rings. The van der Waals surface area contributed by atoms with E-state index in [9.17, 15) is 0 Å². The highest BCUT2D eigenvalue weighted by molar-refractivity contribution is 6.35. The molecule has 0 aliphatic heterocycles. The van der Waals surface area contributed by atoms with Gasteiger partial charge in [0.05, 0.1) is 12.2 Å². The van der Waals surface area contributed by atoms with Crippen molar-refractivity contribution >= 4 is 29.0 Å². The first-order valence-corrected chi connectivity index (χ1v) is 5.43. The quantitative estimate of drug-likeness (QED) is 0.899. The molecule has 0 fully saturated rings. The molecule has 0 saturated heterocycles. The summed E-state index contributed by atoms with van der Waals surface area (Å²) in [5, 5.41) is 8.93. The number of nitrogens with two attached hydrogens (primary N) is 1. The second kappa shape index (κ2) is 4.31. The molecule has 1 aromatic carbocycles. The van der Waals surface area contributed by atoms with Crippen molar-refractivity contribution in [2.24, 2.45) is 0 Å². The second-order valence-electron chi connectivity index (χ2n) is 3.45. The Bertz CT molecular complexity index is 522. The van der Waals surface area contributed by atoms with Crippen LogP contribution in [0.3, 0.4) is 0 Å². The van der Waals surface area contributed by atoms with E-state index < -0.39 is 0 Å². The number of hydrogen-bond donors (Lipinski definition) is 1. The van der Waals surface area contributed by atoms with Crippen molar-refractivity contribution in [3.8, 4) is 0 Å². The van der Waals surface area contributed by atoms with Gasteiger partial charge in [0.15, 0.2) is 5.82 Å². The Labute approximate surface area is 103 Å². The van der Waals surface area contributed by atoms with E-state index in [4.69, 9.17) is 28.9 Å². The summed E-state index contributed by atoms with van der Waals surface area (Å²) in [4.78, 5) is 0. The largest absolute Gasteiger partial charge is 0.381 e. The Morgan fingerprint density at radius 3 is 2.69 bits per heavy atom. The van der Waals surface area contributed by atoms with Crippen LogP contribution in [0.2, 0.25) is 10.0 Å². The number of anilines is 1. The van der Waals surface area contributed by atoms with E-state index in [0.29, 0.717) is 22.4 Å². The lowest BCUT2D eigenvalue weighted by atomic mass is 10.2. The molecule has 1 heterocycles. The lowest BCUT2D eigenvalue weighted by Crippen LogP contribution is -2.04. The predicted octanol–water partition coefficient (Wildman–Crippen LogP) is 2.52. The smallest absolute Gasteiger partial charge is 0.168 e. The van der Waals surface area contributed by atoms with Gasteiger partial charge in [0.1, 0.15) is 0 Å². The van der Waals surface area contributed by atoms with Crippen LogP contribution in [0.4, 0.5) is 5.82 Å². The van der Waals surface area contributed by atoms with Gasteiger partial charge in [-0.15, -0.1) is 5.10 Å². The molecule has 2 rings (SSSR count). The van der Waals surface area contributed by atoms with Crippen LogP contribution in [0.15, 0.2) is 18.2 Å². The molecule has 0 atom stereocenters. The Hall–Kier alpha value is -1.26. The number of benzene rings is 1. The first kappa shape index (κ1) is 11.2.